The SMILES string of the molecule is Cc1nc(Nc2ccc(C(F)(F)F)cc2)c(-c2noc(=O)[nH]2)c(OCCN(C)C)c1C. The Kier molecular flexibility index (Phi) is 6.34. The van der Waals surface area contributed by atoms with Gasteiger partial charge in [0.2, 0.25) is 0 Å². The quantitative estimate of drug-likeness (QED) is 0.581. The van der Waals surface area contributed by atoms with E-state index in [1.54, 1.807) is 6.92 Å². The Morgan fingerprint density at radius 3 is 2.42 bits per heavy atom. The highest BCUT2D eigenvalue weighted by molar-refractivity contribution is 5.81. The van der Waals surface area contributed by atoms with Gasteiger partial charge in [-0.1, -0.05) is 5.16 Å². The number of aryl methyl sites for hydroxylation is 1. The lowest BCUT2D eigenvalue weighted by molar-refractivity contribution is -0.137. The predicted molar refractivity (Wildman–Crippen MR) is 109 cm³/mol. The first-order valence-corrected chi connectivity index (χ1v) is 9.35. The first-order chi connectivity index (χ1) is 14.6. The van der Waals surface area contributed by atoms with Gasteiger partial charge in [-0.3, -0.25) is 9.51 Å². The van der Waals surface area contributed by atoms with Gasteiger partial charge in [0.1, 0.15) is 23.7 Å². The third-order valence-electron chi connectivity index (χ3n) is 4.56. The van der Waals surface area contributed by atoms with Crippen LogP contribution in [0.25, 0.3) is 11.4 Å². The normalized spacial score (nSPS) is 11.7. The van der Waals surface area contributed by atoms with Crippen LogP contribution in [0, 0.1) is 13.8 Å². The molecule has 0 bridgehead atoms. The molecule has 0 aliphatic heterocycles. The maximum Gasteiger partial charge on any atom is 0.439 e. The van der Waals surface area contributed by atoms with Crippen molar-refractivity contribution in [2.24, 2.45) is 0 Å². The van der Waals surface area contributed by atoms with Crippen LogP contribution < -0.4 is 15.8 Å². The van der Waals surface area contributed by atoms with E-state index in [9.17, 15) is 18.0 Å². The Labute approximate surface area is 176 Å². The molecule has 3 rings (SSSR count). The van der Waals surface area contributed by atoms with E-state index in [1.807, 2.05) is 25.9 Å². The summed E-state index contributed by atoms with van der Waals surface area (Å²) in [4.78, 5) is 20.5. The zero-order chi connectivity index (χ0) is 22.8. The van der Waals surface area contributed by atoms with E-state index < -0.39 is 17.5 Å². The number of nitrogens with one attached hydrogen (secondary N) is 2. The molecule has 2 heterocycles. The fourth-order valence-electron chi connectivity index (χ4n) is 2.80. The van der Waals surface area contributed by atoms with Gasteiger partial charge in [-0.25, -0.2) is 9.78 Å². The summed E-state index contributed by atoms with van der Waals surface area (Å²) in [6.45, 7) is 4.58. The van der Waals surface area contributed by atoms with Crippen LogP contribution in [0.3, 0.4) is 0 Å². The van der Waals surface area contributed by atoms with Crippen molar-refractivity contribution in [3.05, 3.63) is 51.6 Å². The van der Waals surface area contributed by atoms with E-state index in [4.69, 9.17) is 4.74 Å². The number of H-pyrrole nitrogens is 1. The van der Waals surface area contributed by atoms with Crippen molar-refractivity contribution < 1.29 is 22.4 Å². The fraction of sp³-hybridized carbons (Fsp3) is 0.350. The molecule has 11 heteroatoms. The van der Waals surface area contributed by atoms with Crippen molar-refractivity contribution >= 4 is 11.5 Å². The molecule has 0 unspecified atom stereocenters. The number of rotatable bonds is 7. The van der Waals surface area contributed by atoms with Gasteiger partial charge in [0.25, 0.3) is 0 Å². The summed E-state index contributed by atoms with van der Waals surface area (Å²) in [6.07, 6.45) is -4.43. The number of alkyl halides is 3. The summed E-state index contributed by atoms with van der Waals surface area (Å²) < 4.78 is 49.2. The lowest BCUT2D eigenvalue weighted by Crippen LogP contribution is -2.20. The van der Waals surface area contributed by atoms with Gasteiger partial charge in [-0.15, -0.1) is 0 Å². The van der Waals surface area contributed by atoms with Gasteiger partial charge in [0.05, 0.1) is 5.56 Å². The molecule has 2 N–H and O–H groups in total. The van der Waals surface area contributed by atoms with E-state index in [0.717, 1.165) is 17.7 Å². The molecule has 0 radical (unpaired) electrons. The van der Waals surface area contributed by atoms with Crippen LogP contribution in [0.2, 0.25) is 0 Å². The van der Waals surface area contributed by atoms with Crippen LogP contribution in [0.4, 0.5) is 24.7 Å². The highest BCUT2D eigenvalue weighted by atomic mass is 19.4. The van der Waals surface area contributed by atoms with E-state index in [-0.39, 0.29) is 11.6 Å². The molecule has 8 nitrogen and oxygen atoms in total. The smallest absolute Gasteiger partial charge is 0.439 e. The molecule has 0 fully saturated rings. The Bertz CT molecular complexity index is 1100. The number of aromatic nitrogens is 3. The summed E-state index contributed by atoms with van der Waals surface area (Å²) in [5.74, 6) is 0.0309. The monoisotopic (exact) mass is 437 g/mol. The third kappa shape index (κ3) is 5.23. The molecule has 0 aliphatic carbocycles. The third-order valence-corrected chi connectivity index (χ3v) is 4.56. The Hall–Kier alpha value is -3.34. The molecule has 1 aromatic carbocycles. The van der Waals surface area contributed by atoms with E-state index in [0.29, 0.717) is 35.8 Å². The number of hydrogen-bond donors (Lipinski definition) is 2. The molecule has 166 valence electrons. The zero-order valence-corrected chi connectivity index (χ0v) is 17.4. The predicted octanol–water partition coefficient (Wildman–Crippen LogP) is 3.74. The second-order valence-corrected chi connectivity index (χ2v) is 7.17. The van der Waals surface area contributed by atoms with Crippen LogP contribution in [0.5, 0.6) is 5.75 Å². The van der Waals surface area contributed by atoms with Crippen molar-refractivity contribution in [2.45, 2.75) is 20.0 Å². The Morgan fingerprint density at radius 1 is 1.19 bits per heavy atom. The van der Waals surface area contributed by atoms with Crippen LogP contribution >= 0.6 is 0 Å². The second kappa shape index (κ2) is 8.80. The van der Waals surface area contributed by atoms with Crippen molar-refractivity contribution in [2.75, 3.05) is 32.6 Å². The van der Waals surface area contributed by atoms with Crippen LogP contribution in [0.15, 0.2) is 33.6 Å². The number of aromatic amines is 1. The van der Waals surface area contributed by atoms with Crippen LogP contribution in [-0.2, 0) is 6.18 Å². The molecular formula is C20H22F3N5O3. The van der Waals surface area contributed by atoms with Crippen LogP contribution in [0.1, 0.15) is 16.8 Å². The highest BCUT2D eigenvalue weighted by Gasteiger charge is 2.30. The van der Waals surface area contributed by atoms with Gasteiger partial charge in [0, 0.05) is 23.5 Å². The minimum Gasteiger partial charge on any atom is -0.491 e. The molecule has 2 aromatic heterocycles. The van der Waals surface area contributed by atoms with Crippen LogP contribution in [-0.4, -0.2) is 47.3 Å². The van der Waals surface area contributed by atoms with Gasteiger partial charge in [0.15, 0.2) is 5.82 Å². The van der Waals surface area contributed by atoms with E-state index >= 15 is 0 Å². The minimum atomic E-state index is -4.43. The summed E-state index contributed by atoms with van der Waals surface area (Å²) in [5, 5.41) is 6.74. The van der Waals surface area contributed by atoms with Gasteiger partial charge >= 0.3 is 11.9 Å². The standard InChI is InChI=1S/C20H22F3N5O3/c1-11-12(2)24-17(25-14-7-5-13(6-8-14)20(21,22)23)15(18-26-19(29)31-27-18)16(11)30-10-9-28(3)4/h5-8H,9-10H2,1-4H3,(H,24,25)(H,26,27,29). The first-order valence-electron chi connectivity index (χ1n) is 9.35. The lowest BCUT2D eigenvalue weighted by atomic mass is 10.1. The molecule has 0 spiro atoms. The van der Waals surface area contributed by atoms with E-state index in [1.165, 1.54) is 12.1 Å². The highest BCUT2D eigenvalue weighted by Crippen LogP contribution is 2.39. The lowest BCUT2D eigenvalue weighted by Gasteiger charge is -2.19. The largest absolute Gasteiger partial charge is 0.491 e. The van der Waals surface area contributed by atoms with Crippen molar-refractivity contribution in [3.63, 3.8) is 0 Å². The Balaban J connectivity index is 2.06. The average molecular weight is 437 g/mol. The summed E-state index contributed by atoms with van der Waals surface area (Å²) in [7, 11) is 3.81. The molecule has 0 atom stereocenters. The second-order valence-electron chi connectivity index (χ2n) is 7.17. The van der Waals surface area contributed by atoms with E-state index in [2.05, 4.69) is 25.0 Å². The van der Waals surface area contributed by atoms with Crippen molar-refractivity contribution in [1.82, 2.24) is 20.0 Å². The average Bonchev–Trinajstić information content (AvgIpc) is 3.11. The summed E-state index contributed by atoms with van der Waals surface area (Å²) in [5.41, 5.74) is 1.32. The van der Waals surface area contributed by atoms with Gasteiger partial charge < -0.3 is 15.0 Å². The number of halogens is 3. The minimum absolute atomic E-state index is 0.0925. The first kappa shape index (κ1) is 22.3. The van der Waals surface area contributed by atoms with Crippen molar-refractivity contribution in [3.8, 4) is 17.1 Å². The fourth-order valence-corrected chi connectivity index (χ4v) is 2.80. The summed E-state index contributed by atoms with van der Waals surface area (Å²) in [6, 6.07) is 4.52. The molecule has 0 aliphatic rings. The van der Waals surface area contributed by atoms with Gasteiger partial charge in [-0.05, 0) is 52.2 Å². The topological polar surface area (TPSA) is 96.3 Å². The summed E-state index contributed by atoms with van der Waals surface area (Å²) >= 11 is 0. The number of pyridine rings is 1. The maximum absolute atomic E-state index is 12.9. The number of benzene rings is 1. The van der Waals surface area contributed by atoms with Crippen molar-refractivity contribution in [1.29, 1.82) is 0 Å². The molecule has 0 saturated heterocycles. The van der Waals surface area contributed by atoms with Gasteiger partial charge in [-0.2, -0.15) is 13.2 Å². The maximum atomic E-state index is 12.9. The molecule has 31 heavy (non-hydrogen) atoms. The number of hydrogen-bond acceptors (Lipinski definition) is 7. The number of anilines is 2. The number of ether oxygens (including phenoxy) is 1. The molecular weight excluding hydrogens is 415 g/mol. The number of likely N-dealkylation sites (N-methyl/N-ethyl adjacent to an activating group) is 1. The molecule has 0 saturated carbocycles. The zero-order valence-electron chi connectivity index (χ0n) is 17.4. The molecule has 3 aromatic rings. The molecule has 0 amide bonds. The Morgan fingerprint density at radius 2 is 1.87 bits per heavy atom. The number of nitrogens with zero attached hydrogens (tertiary/aromatic N) is 3.